The van der Waals surface area contributed by atoms with Crippen LogP contribution in [0.2, 0.25) is 0 Å². The molecular formula is C18H18O7. The molecule has 25 heavy (non-hydrogen) atoms. The number of hydrogen-bond acceptors (Lipinski definition) is 7. The van der Waals surface area contributed by atoms with Crippen LogP contribution in [-0.4, -0.2) is 31.1 Å². The van der Waals surface area contributed by atoms with Crippen LogP contribution in [0.3, 0.4) is 0 Å². The summed E-state index contributed by atoms with van der Waals surface area (Å²) >= 11 is 0. The van der Waals surface area contributed by atoms with Gasteiger partial charge in [-0.05, 0) is 38.8 Å². The molecule has 0 saturated heterocycles. The minimum Gasteiger partial charge on any atom is -0.507 e. The Balaban J connectivity index is 2.42. The molecule has 0 amide bonds. The second-order valence-corrected chi connectivity index (χ2v) is 6.65. The first-order valence-corrected chi connectivity index (χ1v) is 7.68. The Morgan fingerprint density at radius 2 is 1.52 bits per heavy atom. The van der Waals surface area contributed by atoms with Gasteiger partial charge in [-0.25, -0.2) is 0 Å². The number of fused-ring (bicyclic) bond motifs is 2. The lowest BCUT2D eigenvalue weighted by molar-refractivity contribution is 0.0713. The fourth-order valence-corrected chi connectivity index (χ4v) is 2.79. The predicted molar refractivity (Wildman–Crippen MR) is 91.3 cm³/mol. The summed E-state index contributed by atoms with van der Waals surface area (Å²) in [6, 6.07) is 3.34. The number of hydrogen-bond donors (Lipinski definition) is 5. The van der Waals surface area contributed by atoms with E-state index < -0.39 is 22.5 Å². The molecule has 0 aliphatic carbocycles. The van der Waals surface area contributed by atoms with Gasteiger partial charge in [0.05, 0.1) is 5.60 Å². The van der Waals surface area contributed by atoms with Gasteiger partial charge in [0, 0.05) is 11.6 Å². The van der Waals surface area contributed by atoms with Crippen LogP contribution in [-0.2, 0) is 6.42 Å². The van der Waals surface area contributed by atoms with Crippen molar-refractivity contribution in [3.05, 3.63) is 34.0 Å². The first-order valence-electron chi connectivity index (χ1n) is 7.68. The zero-order valence-corrected chi connectivity index (χ0v) is 13.7. The highest BCUT2D eigenvalue weighted by Gasteiger charge is 2.23. The van der Waals surface area contributed by atoms with Crippen molar-refractivity contribution in [3.8, 4) is 23.0 Å². The number of benzene rings is 2. The Kier molecular flexibility index (Phi) is 3.76. The van der Waals surface area contributed by atoms with Gasteiger partial charge < -0.3 is 29.9 Å². The summed E-state index contributed by atoms with van der Waals surface area (Å²) in [4.78, 5) is 12.7. The first kappa shape index (κ1) is 16.9. The maximum Gasteiger partial charge on any atom is 0.208 e. The van der Waals surface area contributed by atoms with Crippen molar-refractivity contribution in [2.75, 3.05) is 0 Å². The predicted octanol–water partition coefficient (Wildman–Crippen LogP) is 2.47. The van der Waals surface area contributed by atoms with Gasteiger partial charge in [0.1, 0.15) is 33.6 Å². The summed E-state index contributed by atoms with van der Waals surface area (Å²) in [6.07, 6.45) is 0.425. The quantitative estimate of drug-likeness (QED) is 0.363. The molecular weight excluding hydrogens is 328 g/mol. The second kappa shape index (κ2) is 5.56. The van der Waals surface area contributed by atoms with Gasteiger partial charge in [0.2, 0.25) is 5.43 Å². The van der Waals surface area contributed by atoms with Crippen molar-refractivity contribution in [2.24, 2.45) is 0 Å². The van der Waals surface area contributed by atoms with Crippen molar-refractivity contribution in [2.45, 2.75) is 32.3 Å². The summed E-state index contributed by atoms with van der Waals surface area (Å²) in [5, 5.41) is 49.6. The van der Waals surface area contributed by atoms with Crippen molar-refractivity contribution in [3.63, 3.8) is 0 Å². The Bertz CT molecular complexity index is 1040. The summed E-state index contributed by atoms with van der Waals surface area (Å²) in [7, 11) is 0. The van der Waals surface area contributed by atoms with Gasteiger partial charge in [0.25, 0.3) is 0 Å². The third-order valence-corrected chi connectivity index (χ3v) is 4.10. The molecule has 0 aliphatic rings. The summed E-state index contributed by atoms with van der Waals surface area (Å²) in [5.74, 6) is -1.55. The van der Waals surface area contributed by atoms with E-state index in [9.17, 15) is 30.3 Å². The van der Waals surface area contributed by atoms with Crippen LogP contribution in [0.15, 0.2) is 27.4 Å². The Hall–Kier alpha value is -2.93. The Morgan fingerprint density at radius 1 is 0.920 bits per heavy atom. The Morgan fingerprint density at radius 3 is 2.16 bits per heavy atom. The van der Waals surface area contributed by atoms with Crippen LogP contribution in [0.4, 0.5) is 0 Å². The van der Waals surface area contributed by atoms with Crippen LogP contribution >= 0.6 is 0 Å². The van der Waals surface area contributed by atoms with Gasteiger partial charge in [-0.15, -0.1) is 0 Å². The molecule has 0 radical (unpaired) electrons. The molecule has 1 aromatic heterocycles. The molecule has 0 fully saturated rings. The van der Waals surface area contributed by atoms with Crippen molar-refractivity contribution in [1.29, 1.82) is 0 Å². The van der Waals surface area contributed by atoms with E-state index in [2.05, 4.69) is 0 Å². The fourth-order valence-electron chi connectivity index (χ4n) is 2.79. The van der Waals surface area contributed by atoms with E-state index in [4.69, 9.17) is 4.42 Å². The number of aliphatic hydroxyl groups is 1. The van der Waals surface area contributed by atoms with E-state index in [1.165, 1.54) is 6.07 Å². The number of rotatable bonds is 3. The fraction of sp³-hybridized carbons (Fsp3) is 0.278. The third kappa shape index (κ3) is 2.83. The van der Waals surface area contributed by atoms with E-state index in [0.29, 0.717) is 0 Å². The van der Waals surface area contributed by atoms with Crippen LogP contribution in [0.1, 0.15) is 25.8 Å². The van der Waals surface area contributed by atoms with Crippen molar-refractivity contribution < 1.29 is 29.9 Å². The van der Waals surface area contributed by atoms with Gasteiger partial charge in [-0.2, -0.15) is 0 Å². The van der Waals surface area contributed by atoms with Gasteiger partial charge >= 0.3 is 0 Å². The topological polar surface area (TPSA) is 131 Å². The highest BCUT2D eigenvalue weighted by molar-refractivity contribution is 5.99. The highest BCUT2D eigenvalue weighted by atomic mass is 16.4. The maximum absolute atomic E-state index is 12.7. The zero-order chi connectivity index (χ0) is 18.5. The minimum atomic E-state index is -1.02. The van der Waals surface area contributed by atoms with E-state index >= 15 is 0 Å². The average Bonchev–Trinajstić information content (AvgIpc) is 2.49. The molecule has 0 spiro atoms. The minimum absolute atomic E-state index is 0.0971. The lowest BCUT2D eigenvalue weighted by Gasteiger charge is -2.18. The van der Waals surface area contributed by atoms with Gasteiger partial charge in [0.15, 0.2) is 11.3 Å². The van der Waals surface area contributed by atoms with Crippen molar-refractivity contribution in [1.82, 2.24) is 0 Å². The number of aryl methyl sites for hydroxylation is 1. The van der Waals surface area contributed by atoms with Crippen molar-refractivity contribution >= 4 is 21.9 Å². The third-order valence-electron chi connectivity index (χ3n) is 4.10. The van der Waals surface area contributed by atoms with Crippen LogP contribution in [0.5, 0.6) is 23.0 Å². The molecule has 5 N–H and O–H groups in total. The Labute approximate surface area is 142 Å². The molecule has 0 bridgehead atoms. The molecule has 7 heteroatoms. The monoisotopic (exact) mass is 346 g/mol. The molecule has 0 aliphatic heterocycles. The number of phenolic OH excluding ortho intramolecular Hbond substituents is 4. The molecule has 2 aromatic carbocycles. The molecule has 1 heterocycles. The largest absolute Gasteiger partial charge is 0.507 e. The van der Waals surface area contributed by atoms with Gasteiger partial charge in [-0.1, -0.05) is 0 Å². The van der Waals surface area contributed by atoms with Crippen LogP contribution < -0.4 is 5.43 Å². The molecule has 0 atom stereocenters. The lowest BCUT2D eigenvalue weighted by Crippen LogP contribution is -2.19. The molecule has 3 aromatic rings. The summed E-state index contributed by atoms with van der Waals surface area (Å²) in [5.41, 5.74) is -1.87. The zero-order valence-electron chi connectivity index (χ0n) is 13.7. The normalized spacial score (nSPS) is 12.1. The second-order valence-electron chi connectivity index (χ2n) is 6.65. The number of phenols is 4. The average molecular weight is 346 g/mol. The highest BCUT2D eigenvalue weighted by Crippen LogP contribution is 2.39. The molecule has 0 saturated carbocycles. The van der Waals surface area contributed by atoms with E-state index in [0.717, 1.165) is 12.1 Å². The lowest BCUT2D eigenvalue weighted by atomic mass is 9.96. The van der Waals surface area contributed by atoms with Crippen LogP contribution in [0.25, 0.3) is 21.9 Å². The standard InChI is InChI=1S/C18H18O7/c1-18(2,24)6-5-8-11(21)7-12(22)14-15(23)13-9(19)3-4-10(20)17(13)25-16(8)14/h3-4,7,19-22,24H,5-6H2,1-2H3. The van der Waals surface area contributed by atoms with E-state index in [-0.39, 0.29) is 51.8 Å². The first-order chi connectivity index (χ1) is 11.6. The van der Waals surface area contributed by atoms with Crippen LogP contribution in [0, 0.1) is 0 Å². The summed E-state index contributed by atoms with van der Waals surface area (Å²) in [6.45, 7) is 3.20. The number of aromatic hydroxyl groups is 4. The smallest absolute Gasteiger partial charge is 0.208 e. The molecule has 0 unspecified atom stereocenters. The molecule has 3 rings (SSSR count). The van der Waals surface area contributed by atoms with Gasteiger partial charge in [-0.3, -0.25) is 4.79 Å². The maximum atomic E-state index is 12.7. The SMILES string of the molecule is CC(C)(O)CCc1c(O)cc(O)c2c(=O)c3c(O)ccc(O)c3oc12. The van der Waals surface area contributed by atoms with E-state index in [1.807, 2.05) is 0 Å². The molecule has 132 valence electrons. The molecule has 7 nitrogen and oxygen atoms in total. The van der Waals surface area contributed by atoms with E-state index in [1.54, 1.807) is 13.8 Å². The summed E-state index contributed by atoms with van der Waals surface area (Å²) < 4.78 is 5.59.